The lowest BCUT2D eigenvalue weighted by atomic mass is 9.45. The number of aliphatic hydroxyl groups is 3. The first-order valence-electron chi connectivity index (χ1n) is 13.7. The molecule has 0 aliphatic heterocycles. The highest BCUT2D eigenvalue weighted by Crippen LogP contribution is 2.69. The molecule has 0 aromatic rings. The van der Waals surface area contributed by atoms with Gasteiger partial charge in [0.05, 0.1) is 18.3 Å². The number of rotatable bonds is 4. The van der Waals surface area contributed by atoms with Gasteiger partial charge in [0.25, 0.3) is 0 Å². The van der Waals surface area contributed by atoms with Gasteiger partial charge >= 0.3 is 0 Å². The summed E-state index contributed by atoms with van der Waals surface area (Å²) in [4.78, 5) is 0. The van der Waals surface area contributed by atoms with E-state index in [1.54, 1.807) is 0 Å². The second-order valence-corrected chi connectivity index (χ2v) is 13.6. The van der Waals surface area contributed by atoms with Crippen molar-refractivity contribution in [3.8, 4) is 0 Å². The molecule has 0 unspecified atom stereocenters. The first-order valence-corrected chi connectivity index (χ1v) is 13.7. The first kappa shape index (κ1) is 23.4. The van der Waals surface area contributed by atoms with Crippen LogP contribution >= 0.6 is 0 Å². The third kappa shape index (κ3) is 3.23. The maximum atomic E-state index is 11.7. The molecule has 3 N–H and O–H groups in total. The van der Waals surface area contributed by atoms with Crippen LogP contribution in [0.5, 0.6) is 0 Å². The van der Waals surface area contributed by atoms with Gasteiger partial charge in [-0.05, 0) is 97.2 Å². The summed E-state index contributed by atoms with van der Waals surface area (Å²) >= 11 is 0. The van der Waals surface area contributed by atoms with Gasteiger partial charge in [0.15, 0.2) is 0 Å². The maximum absolute atomic E-state index is 11.7. The molecule has 0 aromatic carbocycles. The van der Waals surface area contributed by atoms with Crippen molar-refractivity contribution in [1.82, 2.24) is 0 Å². The van der Waals surface area contributed by atoms with Crippen molar-refractivity contribution in [2.45, 2.75) is 105 Å². The van der Waals surface area contributed by atoms with Crippen LogP contribution in [0.4, 0.5) is 0 Å². The van der Waals surface area contributed by atoms with Gasteiger partial charge in [0.2, 0.25) is 0 Å². The van der Waals surface area contributed by atoms with Crippen LogP contribution in [0.3, 0.4) is 0 Å². The highest BCUT2D eigenvalue weighted by molar-refractivity contribution is 5.29. The average molecular weight is 445 g/mol. The highest BCUT2D eigenvalue weighted by atomic mass is 16.3. The van der Waals surface area contributed by atoms with Gasteiger partial charge in [-0.1, -0.05) is 53.2 Å². The van der Waals surface area contributed by atoms with E-state index in [-0.39, 0.29) is 22.9 Å². The van der Waals surface area contributed by atoms with Crippen LogP contribution < -0.4 is 0 Å². The van der Waals surface area contributed by atoms with Crippen molar-refractivity contribution in [2.75, 3.05) is 0 Å². The predicted octanol–water partition coefficient (Wildman–Crippen LogP) is 5.43. The molecule has 4 fully saturated rings. The fraction of sp³-hybridized carbons (Fsp3) is 0.931. The lowest BCUT2D eigenvalue weighted by Crippen LogP contribution is -2.60. The Bertz CT molecular complexity index is 760. The molecule has 3 nitrogen and oxygen atoms in total. The average Bonchev–Trinajstić information content (AvgIpc) is 3.43. The number of aliphatic hydroxyl groups excluding tert-OH is 3. The van der Waals surface area contributed by atoms with E-state index >= 15 is 0 Å². The molecule has 3 heteroatoms. The Labute approximate surface area is 196 Å². The second kappa shape index (κ2) is 7.82. The molecule has 0 spiro atoms. The number of hydrogen-bond acceptors (Lipinski definition) is 3. The van der Waals surface area contributed by atoms with Crippen LogP contribution in [-0.4, -0.2) is 33.6 Å². The zero-order valence-corrected chi connectivity index (χ0v) is 21.3. The molecule has 0 aromatic heterocycles. The van der Waals surface area contributed by atoms with E-state index in [0.29, 0.717) is 30.6 Å². The van der Waals surface area contributed by atoms with E-state index in [9.17, 15) is 15.3 Å². The molecule has 5 rings (SSSR count). The van der Waals surface area contributed by atoms with Gasteiger partial charge in [0.1, 0.15) is 0 Å². The summed E-state index contributed by atoms with van der Waals surface area (Å²) in [7, 11) is 0. The van der Waals surface area contributed by atoms with E-state index < -0.39 is 12.2 Å². The summed E-state index contributed by atoms with van der Waals surface area (Å²) in [6, 6.07) is 0. The molecule has 0 amide bonds. The Morgan fingerprint density at radius 1 is 0.969 bits per heavy atom. The van der Waals surface area contributed by atoms with Gasteiger partial charge in [-0.2, -0.15) is 0 Å². The molecular formula is C29H48O3. The Hall–Kier alpha value is -0.380. The van der Waals surface area contributed by atoms with Crippen LogP contribution in [0.2, 0.25) is 0 Å². The molecule has 32 heavy (non-hydrogen) atoms. The molecule has 5 aliphatic rings. The highest BCUT2D eigenvalue weighted by Gasteiger charge is 2.64. The third-order valence-corrected chi connectivity index (χ3v) is 12.1. The van der Waals surface area contributed by atoms with Gasteiger partial charge in [-0.3, -0.25) is 0 Å². The monoisotopic (exact) mass is 444 g/mol. The van der Waals surface area contributed by atoms with Gasteiger partial charge in [-0.25, -0.2) is 0 Å². The van der Waals surface area contributed by atoms with E-state index in [2.05, 4.69) is 47.6 Å². The standard InChI is InChI=1S/C29H48O3/c1-15(2)16(3)21-13-22(21)17(4)23-9-10-24-20-8-7-18-11-19(30)12-26(32)29(18,6)27(20)25(31)14-28(23,24)5/h7,15-17,19-27,30-32H,8-14H2,1-6H3/t16-,17-,19-,20+,21-,22-,23-,24+,25-,26+,27-,28-,29-/m1/s1. The van der Waals surface area contributed by atoms with Crippen LogP contribution in [0.25, 0.3) is 0 Å². The smallest absolute Gasteiger partial charge is 0.0659 e. The quantitative estimate of drug-likeness (QED) is 0.507. The second-order valence-electron chi connectivity index (χ2n) is 13.6. The fourth-order valence-electron chi connectivity index (χ4n) is 9.96. The lowest BCUT2D eigenvalue weighted by molar-refractivity contribution is -0.159. The predicted molar refractivity (Wildman–Crippen MR) is 129 cm³/mol. The number of fused-ring (bicyclic) bond motifs is 5. The fourth-order valence-corrected chi connectivity index (χ4v) is 9.96. The Kier molecular flexibility index (Phi) is 5.71. The molecule has 0 bridgehead atoms. The molecule has 0 heterocycles. The largest absolute Gasteiger partial charge is 0.393 e. The summed E-state index contributed by atoms with van der Waals surface area (Å²) in [6.45, 7) is 14.4. The van der Waals surface area contributed by atoms with Crippen LogP contribution in [0.1, 0.15) is 86.5 Å². The minimum atomic E-state index is -0.551. The first-order chi connectivity index (χ1) is 15.0. The van der Waals surface area contributed by atoms with Crippen molar-refractivity contribution >= 4 is 0 Å². The summed E-state index contributed by atoms with van der Waals surface area (Å²) in [6.07, 6.45) is 8.04. The third-order valence-electron chi connectivity index (χ3n) is 12.1. The number of hydrogen-bond donors (Lipinski definition) is 3. The molecule has 0 saturated heterocycles. The van der Waals surface area contributed by atoms with Gasteiger partial charge in [-0.15, -0.1) is 0 Å². The van der Waals surface area contributed by atoms with Crippen molar-refractivity contribution in [3.63, 3.8) is 0 Å². The SMILES string of the molecule is CC(C)[C@@H](C)[C@H]1C[C@@H]1[C@@H](C)[C@H]1CC[C@H]2[C@@H]3CC=C4C[C@@H](O)C[C@H](O)[C@]4(C)[C@H]3[C@H](O)C[C@]12C. The van der Waals surface area contributed by atoms with Crippen molar-refractivity contribution in [3.05, 3.63) is 11.6 Å². The van der Waals surface area contributed by atoms with Crippen molar-refractivity contribution in [2.24, 2.45) is 64.1 Å². The minimum absolute atomic E-state index is 0.131. The van der Waals surface area contributed by atoms with E-state index in [1.165, 1.54) is 24.8 Å². The van der Waals surface area contributed by atoms with Gasteiger partial charge in [0, 0.05) is 11.8 Å². The van der Waals surface area contributed by atoms with E-state index in [1.807, 2.05) is 0 Å². The summed E-state index contributed by atoms with van der Waals surface area (Å²) in [5.74, 6) is 6.07. The van der Waals surface area contributed by atoms with Crippen molar-refractivity contribution in [1.29, 1.82) is 0 Å². The Morgan fingerprint density at radius 3 is 2.38 bits per heavy atom. The van der Waals surface area contributed by atoms with Crippen LogP contribution in [0, 0.1) is 64.1 Å². The molecule has 0 radical (unpaired) electrons. The maximum Gasteiger partial charge on any atom is 0.0659 e. The molecule has 13 atom stereocenters. The Balaban J connectivity index is 1.39. The van der Waals surface area contributed by atoms with Crippen molar-refractivity contribution < 1.29 is 15.3 Å². The van der Waals surface area contributed by atoms with Gasteiger partial charge < -0.3 is 15.3 Å². The molecular weight excluding hydrogens is 396 g/mol. The molecule has 182 valence electrons. The Morgan fingerprint density at radius 2 is 1.69 bits per heavy atom. The van der Waals surface area contributed by atoms with Crippen LogP contribution in [0.15, 0.2) is 11.6 Å². The zero-order chi connectivity index (χ0) is 23.2. The van der Waals surface area contributed by atoms with E-state index in [4.69, 9.17) is 0 Å². The topological polar surface area (TPSA) is 60.7 Å². The van der Waals surface area contributed by atoms with Crippen LogP contribution in [-0.2, 0) is 0 Å². The normalized spacial score (nSPS) is 54.3. The molecule has 4 saturated carbocycles. The summed E-state index contributed by atoms with van der Waals surface area (Å²) in [5.41, 5.74) is 1.05. The van der Waals surface area contributed by atoms with E-state index in [0.717, 1.165) is 42.4 Å². The lowest BCUT2D eigenvalue weighted by Gasteiger charge is -2.61. The molecule has 5 aliphatic carbocycles. The summed E-state index contributed by atoms with van der Waals surface area (Å²) < 4.78 is 0. The summed E-state index contributed by atoms with van der Waals surface area (Å²) in [5, 5.41) is 33.1. The minimum Gasteiger partial charge on any atom is -0.393 e. The number of allylic oxidation sites excluding steroid dienone is 1. The zero-order valence-electron chi connectivity index (χ0n) is 21.3.